The Balaban J connectivity index is 0.00000169. The molecule has 1 rings (SSSR count). The van der Waals surface area contributed by atoms with Crippen LogP contribution in [0.25, 0.3) is 0 Å². The molecule has 1 aliphatic heterocycles. The molecule has 0 unspecified atom stereocenters. The molecule has 1 fully saturated rings. The van der Waals surface area contributed by atoms with Gasteiger partial charge in [0.1, 0.15) is 0 Å². The zero-order valence-corrected chi connectivity index (χ0v) is 9.01. The number of amides is 1. The molecular weight excluding hydrogens is 206 g/mol. The maximum Gasteiger partial charge on any atom is 0.237 e. The SMILES string of the molecule is C[C@@H](CN)NC(=O)[C@H]1C[C@H](O)CN1.Cl. The Morgan fingerprint density at radius 3 is 2.86 bits per heavy atom. The zero-order chi connectivity index (χ0) is 9.84. The van der Waals surface area contributed by atoms with Gasteiger partial charge >= 0.3 is 0 Å². The fourth-order valence-electron chi connectivity index (χ4n) is 1.32. The highest BCUT2D eigenvalue weighted by Crippen LogP contribution is 2.05. The number of carbonyl (C=O) groups excluding carboxylic acids is 1. The van der Waals surface area contributed by atoms with Crippen molar-refractivity contribution in [1.29, 1.82) is 0 Å². The number of halogens is 1. The van der Waals surface area contributed by atoms with E-state index in [0.29, 0.717) is 19.5 Å². The van der Waals surface area contributed by atoms with Crippen LogP contribution < -0.4 is 16.4 Å². The lowest BCUT2D eigenvalue weighted by Gasteiger charge is -2.15. The topological polar surface area (TPSA) is 87.4 Å². The molecule has 0 aromatic rings. The van der Waals surface area contributed by atoms with Crippen molar-refractivity contribution in [3.8, 4) is 0 Å². The first-order chi connectivity index (χ1) is 6.13. The smallest absolute Gasteiger partial charge is 0.237 e. The molecule has 0 aromatic heterocycles. The van der Waals surface area contributed by atoms with Crippen molar-refractivity contribution in [2.75, 3.05) is 13.1 Å². The summed E-state index contributed by atoms with van der Waals surface area (Å²) in [4.78, 5) is 11.4. The monoisotopic (exact) mass is 223 g/mol. The highest BCUT2D eigenvalue weighted by molar-refractivity contribution is 5.85. The lowest BCUT2D eigenvalue weighted by atomic mass is 10.2. The molecule has 5 nitrogen and oxygen atoms in total. The summed E-state index contributed by atoms with van der Waals surface area (Å²) in [6.45, 7) is 2.78. The van der Waals surface area contributed by atoms with E-state index < -0.39 is 6.10 Å². The molecular formula is C8H18ClN3O2. The lowest BCUT2D eigenvalue weighted by molar-refractivity contribution is -0.123. The normalized spacial score (nSPS) is 27.9. The van der Waals surface area contributed by atoms with Gasteiger partial charge in [-0.1, -0.05) is 0 Å². The second-order valence-electron chi connectivity index (χ2n) is 3.50. The van der Waals surface area contributed by atoms with Crippen LogP contribution in [0.4, 0.5) is 0 Å². The van der Waals surface area contributed by atoms with Gasteiger partial charge in [0, 0.05) is 19.1 Å². The Bertz CT molecular complexity index is 191. The van der Waals surface area contributed by atoms with Gasteiger partial charge in [-0.3, -0.25) is 4.79 Å². The van der Waals surface area contributed by atoms with E-state index in [1.54, 1.807) is 0 Å². The van der Waals surface area contributed by atoms with E-state index in [9.17, 15) is 9.90 Å². The number of nitrogens with two attached hydrogens (primary N) is 1. The van der Waals surface area contributed by atoms with Gasteiger partial charge in [0.05, 0.1) is 12.1 Å². The van der Waals surface area contributed by atoms with Crippen molar-refractivity contribution in [2.45, 2.75) is 31.5 Å². The highest BCUT2D eigenvalue weighted by atomic mass is 35.5. The van der Waals surface area contributed by atoms with Crippen molar-refractivity contribution in [3.63, 3.8) is 0 Å². The van der Waals surface area contributed by atoms with Crippen LogP contribution in [-0.2, 0) is 4.79 Å². The molecule has 6 heteroatoms. The molecule has 1 amide bonds. The van der Waals surface area contributed by atoms with Gasteiger partial charge in [-0.2, -0.15) is 0 Å². The lowest BCUT2D eigenvalue weighted by Crippen LogP contribution is -2.46. The molecule has 14 heavy (non-hydrogen) atoms. The fraction of sp³-hybridized carbons (Fsp3) is 0.875. The van der Waals surface area contributed by atoms with Crippen molar-refractivity contribution >= 4 is 18.3 Å². The summed E-state index contributed by atoms with van der Waals surface area (Å²) in [5, 5.41) is 14.9. The first-order valence-electron chi connectivity index (χ1n) is 4.55. The van der Waals surface area contributed by atoms with E-state index in [2.05, 4.69) is 10.6 Å². The summed E-state index contributed by atoms with van der Waals surface area (Å²) in [5.74, 6) is -0.0745. The third-order valence-electron chi connectivity index (χ3n) is 2.17. The van der Waals surface area contributed by atoms with E-state index in [1.165, 1.54) is 0 Å². The quantitative estimate of drug-likeness (QED) is 0.474. The second kappa shape index (κ2) is 6.19. The number of aliphatic hydroxyl groups is 1. The number of hydrogen-bond donors (Lipinski definition) is 4. The number of hydrogen-bond acceptors (Lipinski definition) is 4. The van der Waals surface area contributed by atoms with Crippen molar-refractivity contribution in [2.24, 2.45) is 5.73 Å². The van der Waals surface area contributed by atoms with Gasteiger partial charge in [-0.05, 0) is 13.3 Å². The van der Waals surface area contributed by atoms with E-state index in [1.807, 2.05) is 6.92 Å². The molecule has 0 spiro atoms. The summed E-state index contributed by atoms with van der Waals surface area (Å²) < 4.78 is 0. The van der Waals surface area contributed by atoms with Crippen LogP contribution in [0, 0.1) is 0 Å². The predicted octanol–water partition coefficient (Wildman–Crippen LogP) is -1.41. The molecule has 0 aliphatic carbocycles. The number of β-amino-alcohol motifs (C(OH)–C–C–N with tert-alkyl or cyclic N) is 1. The number of carbonyl (C=O) groups is 1. The maximum atomic E-state index is 11.4. The Kier molecular flexibility index (Phi) is 6.03. The number of rotatable bonds is 3. The molecule has 5 N–H and O–H groups in total. The summed E-state index contributed by atoms with van der Waals surface area (Å²) in [7, 11) is 0. The van der Waals surface area contributed by atoms with Crippen molar-refractivity contribution in [1.82, 2.24) is 10.6 Å². The van der Waals surface area contributed by atoms with Crippen LogP contribution in [0.5, 0.6) is 0 Å². The van der Waals surface area contributed by atoms with Crippen LogP contribution in [-0.4, -0.2) is 42.3 Å². The maximum absolute atomic E-state index is 11.4. The average molecular weight is 224 g/mol. The molecule has 1 aliphatic rings. The number of aliphatic hydroxyl groups excluding tert-OH is 1. The average Bonchev–Trinajstić information content (AvgIpc) is 2.51. The molecule has 0 radical (unpaired) electrons. The molecule has 0 bridgehead atoms. The number of nitrogens with one attached hydrogen (secondary N) is 2. The van der Waals surface area contributed by atoms with Gasteiger partial charge in [-0.15, -0.1) is 12.4 Å². The minimum Gasteiger partial charge on any atom is -0.392 e. The molecule has 3 atom stereocenters. The summed E-state index contributed by atoms with van der Waals surface area (Å²) in [6, 6.07) is -0.268. The molecule has 1 heterocycles. The third kappa shape index (κ3) is 3.79. The van der Waals surface area contributed by atoms with Crippen molar-refractivity contribution in [3.05, 3.63) is 0 Å². The first kappa shape index (κ1) is 13.6. The van der Waals surface area contributed by atoms with E-state index in [0.717, 1.165) is 0 Å². The molecule has 1 saturated heterocycles. The van der Waals surface area contributed by atoms with E-state index in [-0.39, 0.29) is 30.4 Å². The van der Waals surface area contributed by atoms with Crippen LogP contribution >= 0.6 is 12.4 Å². The van der Waals surface area contributed by atoms with E-state index >= 15 is 0 Å². The van der Waals surface area contributed by atoms with Gasteiger partial charge < -0.3 is 21.5 Å². The predicted molar refractivity (Wildman–Crippen MR) is 56.3 cm³/mol. The van der Waals surface area contributed by atoms with Crippen LogP contribution in [0.2, 0.25) is 0 Å². The third-order valence-corrected chi connectivity index (χ3v) is 2.17. The highest BCUT2D eigenvalue weighted by Gasteiger charge is 2.28. The van der Waals surface area contributed by atoms with Crippen LogP contribution in [0.3, 0.4) is 0 Å². The molecule has 0 aromatic carbocycles. The Morgan fingerprint density at radius 2 is 2.43 bits per heavy atom. The second-order valence-corrected chi connectivity index (χ2v) is 3.50. The van der Waals surface area contributed by atoms with Crippen LogP contribution in [0.1, 0.15) is 13.3 Å². The fourth-order valence-corrected chi connectivity index (χ4v) is 1.32. The Morgan fingerprint density at radius 1 is 1.79 bits per heavy atom. The summed E-state index contributed by atoms with van der Waals surface area (Å²) in [5.41, 5.74) is 5.36. The molecule has 84 valence electrons. The molecule has 0 saturated carbocycles. The largest absolute Gasteiger partial charge is 0.392 e. The van der Waals surface area contributed by atoms with Gasteiger partial charge in [-0.25, -0.2) is 0 Å². The van der Waals surface area contributed by atoms with Gasteiger partial charge in [0.2, 0.25) is 5.91 Å². The summed E-state index contributed by atoms with van der Waals surface area (Å²) in [6.07, 6.45) is 0.0901. The standard InChI is InChI=1S/C8H17N3O2.ClH/c1-5(3-9)11-8(13)7-2-6(12)4-10-7;/h5-7,10,12H,2-4,9H2,1H3,(H,11,13);1H/t5-,6-,7+;/m0./s1. The van der Waals surface area contributed by atoms with Gasteiger partial charge in [0.25, 0.3) is 0 Å². The summed E-state index contributed by atoms with van der Waals surface area (Å²) >= 11 is 0. The van der Waals surface area contributed by atoms with Crippen LogP contribution in [0.15, 0.2) is 0 Å². The van der Waals surface area contributed by atoms with Crippen molar-refractivity contribution < 1.29 is 9.90 Å². The minimum atomic E-state index is -0.399. The Labute approximate surface area is 89.8 Å². The Hall–Kier alpha value is -0.360. The zero-order valence-electron chi connectivity index (χ0n) is 8.19. The minimum absolute atomic E-state index is 0. The van der Waals surface area contributed by atoms with Gasteiger partial charge in [0.15, 0.2) is 0 Å². The van der Waals surface area contributed by atoms with E-state index in [4.69, 9.17) is 5.73 Å². The first-order valence-corrected chi connectivity index (χ1v) is 4.55.